The maximum Gasteiger partial charge on any atom is 0.238 e. The minimum atomic E-state index is -0.221. The zero-order valence-electron chi connectivity index (χ0n) is 17.9. The summed E-state index contributed by atoms with van der Waals surface area (Å²) in [6.07, 6.45) is 3.83. The van der Waals surface area contributed by atoms with E-state index in [2.05, 4.69) is 19.2 Å². The molecular formula is C24H30N2O3S. The molecule has 3 rings (SSSR count). The van der Waals surface area contributed by atoms with Crippen LogP contribution in [0.1, 0.15) is 50.5 Å². The number of carbonyl (C=O) groups excluding carboxylic acids is 2. The summed E-state index contributed by atoms with van der Waals surface area (Å²) < 4.78 is 5.50. The highest BCUT2D eigenvalue weighted by Gasteiger charge is 2.37. The molecular weight excluding hydrogens is 396 g/mol. The lowest BCUT2D eigenvalue weighted by atomic mass is 9.98. The molecule has 1 saturated heterocycles. The third-order valence-electron chi connectivity index (χ3n) is 5.47. The van der Waals surface area contributed by atoms with Gasteiger partial charge in [-0.3, -0.25) is 14.5 Å². The number of para-hydroxylation sites is 3. The van der Waals surface area contributed by atoms with Gasteiger partial charge < -0.3 is 10.1 Å². The lowest BCUT2D eigenvalue weighted by Gasteiger charge is -2.27. The molecule has 2 aromatic carbocycles. The van der Waals surface area contributed by atoms with Crippen molar-refractivity contribution in [3.8, 4) is 5.75 Å². The number of nitrogens with one attached hydrogen (secondary N) is 1. The van der Waals surface area contributed by atoms with E-state index in [0.29, 0.717) is 11.5 Å². The molecule has 1 aliphatic rings. The highest BCUT2D eigenvalue weighted by molar-refractivity contribution is 8.00. The number of amides is 2. The van der Waals surface area contributed by atoms with Crippen LogP contribution in [0.4, 0.5) is 11.4 Å². The molecule has 0 unspecified atom stereocenters. The first-order valence-electron chi connectivity index (χ1n) is 10.6. The van der Waals surface area contributed by atoms with Crippen molar-refractivity contribution in [2.45, 2.75) is 44.9 Å². The molecule has 0 aliphatic carbocycles. The molecule has 0 saturated carbocycles. The number of hydrogen-bond donors (Lipinski definition) is 1. The minimum absolute atomic E-state index is 0.00110. The van der Waals surface area contributed by atoms with Crippen molar-refractivity contribution in [3.05, 3.63) is 54.1 Å². The van der Waals surface area contributed by atoms with Gasteiger partial charge in [-0.15, -0.1) is 11.8 Å². The average Bonchev–Trinajstić information content (AvgIpc) is 3.15. The van der Waals surface area contributed by atoms with Gasteiger partial charge in [-0.25, -0.2) is 0 Å². The molecule has 1 aliphatic heterocycles. The molecule has 1 heterocycles. The molecule has 2 atom stereocenters. The molecule has 2 amide bonds. The third kappa shape index (κ3) is 4.81. The van der Waals surface area contributed by atoms with Crippen molar-refractivity contribution in [3.63, 3.8) is 0 Å². The van der Waals surface area contributed by atoms with Gasteiger partial charge in [0.05, 0.1) is 18.6 Å². The summed E-state index contributed by atoms with van der Waals surface area (Å²) in [5.74, 6) is 1.13. The normalized spacial score (nSPS) is 17.1. The van der Waals surface area contributed by atoms with Gasteiger partial charge in [-0.1, -0.05) is 57.0 Å². The number of carbonyl (C=O) groups is 2. The summed E-state index contributed by atoms with van der Waals surface area (Å²) >= 11 is 1.56. The number of hydrogen-bond acceptors (Lipinski definition) is 4. The van der Waals surface area contributed by atoms with Gasteiger partial charge in [0.1, 0.15) is 11.1 Å². The molecule has 0 bridgehead atoms. The summed E-state index contributed by atoms with van der Waals surface area (Å²) in [6, 6.07) is 15.3. The predicted octanol–water partition coefficient (Wildman–Crippen LogP) is 5.63. The van der Waals surface area contributed by atoms with Gasteiger partial charge in [0.2, 0.25) is 11.8 Å². The van der Waals surface area contributed by atoms with Gasteiger partial charge in [0.25, 0.3) is 0 Å². The number of thioether (sulfide) groups is 1. The Morgan fingerprint density at radius 2 is 1.93 bits per heavy atom. The summed E-state index contributed by atoms with van der Waals surface area (Å²) in [7, 11) is 1.61. The fourth-order valence-electron chi connectivity index (χ4n) is 3.78. The molecule has 30 heavy (non-hydrogen) atoms. The summed E-state index contributed by atoms with van der Waals surface area (Å²) in [5.41, 5.74) is 2.44. The first-order chi connectivity index (χ1) is 14.6. The smallest absolute Gasteiger partial charge is 0.238 e. The van der Waals surface area contributed by atoms with Crippen LogP contribution in [0.2, 0.25) is 0 Å². The van der Waals surface area contributed by atoms with E-state index in [1.54, 1.807) is 23.8 Å². The van der Waals surface area contributed by atoms with E-state index >= 15 is 0 Å². The number of ether oxygens (including phenoxy) is 1. The lowest BCUT2D eigenvalue weighted by molar-refractivity contribution is -0.120. The molecule has 1 N–H and O–H groups in total. The van der Waals surface area contributed by atoms with Crippen molar-refractivity contribution in [2.75, 3.05) is 23.1 Å². The van der Waals surface area contributed by atoms with E-state index in [-0.39, 0.29) is 23.1 Å². The van der Waals surface area contributed by atoms with Crippen LogP contribution in [-0.2, 0) is 9.59 Å². The van der Waals surface area contributed by atoms with Gasteiger partial charge >= 0.3 is 0 Å². The highest BCUT2D eigenvalue weighted by Crippen LogP contribution is 2.46. The molecule has 2 aromatic rings. The number of unbranched alkanes of at least 4 members (excludes halogenated alkanes) is 1. The third-order valence-corrected chi connectivity index (χ3v) is 6.66. The monoisotopic (exact) mass is 426 g/mol. The molecule has 0 aromatic heterocycles. The fourth-order valence-corrected chi connectivity index (χ4v) is 4.98. The second-order valence-electron chi connectivity index (χ2n) is 7.42. The summed E-state index contributed by atoms with van der Waals surface area (Å²) in [4.78, 5) is 27.5. The SMILES string of the molecule is CCCC[C@H](CC)C(=O)Nc1ccccc1[C@H]1SCC(=O)N1c1ccccc1OC. The van der Waals surface area contributed by atoms with Crippen molar-refractivity contribution in [2.24, 2.45) is 5.92 Å². The van der Waals surface area contributed by atoms with Crippen LogP contribution in [0.5, 0.6) is 5.75 Å². The largest absolute Gasteiger partial charge is 0.495 e. The van der Waals surface area contributed by atoms with E-state index in [0.717, 1.165) is 42.6 Å². The van der Waals surface area contributed by atoms with E-state index in [1.165, 1.54) is 0 Å². The number of benzene rings is 2. The van der Waals surface area contributed by atoms with Gasteiger partial charge in [-0.05, 0) is 31.0 Å². The van der Waals surface area contributed by atoms with E-state index < -0.39 is 0 Å². The zero-order valence-corrected chi connectivity index (χ0v) is 18.7. The first kappa shape index (κ1) is 22.2. The Labute approximate surface area is 183 Å². The van der Waals surface area contributed by atoms with Gasteiger partial charge in [-0.2, -0.15) is 0 Å². The van der Waals surface area contributed by atoms with Gasteiger partial charge in [0.15, 0.2) is 0 Å². The molecule has 160 valence electrons. The second-order valence-corrected chi connectivity index (χ2v) is 8.49. The van der Waals surface area contributed by atoms with Crippen LogP contribution in [-0.4, -0.2) is 24.7 Å². The van der Waals surface area contributed by atoms with E-state index in [1.807, 2.05) is 48.5 Å². The van der Waals surface area contributed by atoms with Crippen LogP contribution >= 0.6 is 11.8 Å². The molecule has 0 radical (unpaired) electrons. The Kier molecular flexibility index (Phi) is 7.80. The van der Waals surface area contributed by atoms with Gasteiger partial charge in [0, 0.05) is 17.2 Å². The quantitative estimate of drug-likeness (QED) is 0.565. The second kappa shape index (κ2) is 10.5. The molecule has 5 nitrogen and oxygen atoms in total. The van der Waals surface area contributed by atoms with Crippen molar-refractivity contribution in [1.82, 2.24) is 0 Å². The Hall–Kier alpha value is -2.47. The Morgan fingerprint density at radius 3 is 2.67 bits per heavy atom. The van der Waals surface area contributed by atoms with Crippen LogP contribution in [0, 0.1) is 5.92 Å². The number of anilines is 2. The molecule has 0 spiro atoms. The summed E-state index contributed by atoms with van der Waals surface area (Å²) in [5, 5.41) is 2.92. The van der Waals surface area contributed by atoms with Crippen LogP contribution in [0.15, 0.2) is 48.5 Å². The standard InChI is InChI=1S/C24H30N2O3S/c1-4-6-11-17(5-2)23(28)25-19-13-8-7-12-18(19)24-26(22(27)16-30-24)20-14-9-10-15-21(20)29-3/h7-10,12-15,17,24H,4-6,11,16H2,1-3H3,(H,25,28)/t17-,24+/m0/s1. The maximum absolute atomic E-state index is 12.9. The lowest BCUT2D eigenvalue weighted by Crippen LogP contribution is -2.29. The number of nitrogens with zero attached hydrogens (tertiary/aromatic N) is 1. The number of methoxy groups -OCH3 is 1. The van der Waals surface area contributed by atoms with Crippen molar-refractivity contribution in [1.29, 1.82) is 0 Å². The van der Waals surface area contributed by atoms with Crippen LogP contribution < -0.4 is 15.0 Å². The molecule has 1 fully saturated rings. The average molecular weight is 427 g/mol. The van der Waals surface area contributed by atoms with Crippen molar-refractivity contribution >= 4 is 35.0 Å². The van der Waals surface area contributed by atoms with Crippen LogP contribution in [0.25, 0.3) is 0 Å². The maximum atomic E-state index is 12.9. The molecule has 6 heteroatoms. The Balaban J connectivity index is 1.90. The predicted molar refractivity (Wildman–Crippen MR) is 124 cm³/mol. The Morgan fingerprint density at radius 1 is 1.20 bits per heavy atom. The van der Waals surface area contributed by atoms with Crippen molar-refractivity contribution < 1.29 is 14.3 Å². The first-order valence-corrected chi connectivity index (χ1v) is 11.6. The highest BCUT2D eigenvalue weighted by atomic mass is 32.2. The van der Waals surface area contributed by atoms with E-state index in [4.69, 9.17) is 4.74 Å². The van der Waals surface area contributed by atoms with E-state index in [9.17, 15) is 9.59 Å². The summed E-state index contributed by atoms with van der Waals surface area (Å²) in [6.45, 7) is 4.20. The van der Waals surface area contributed by atoms with Crippen LogP contribution in [0.3, 0.4) is 0 Å². The zero-order chi connectivity index (χ0) is 21.5. The Bertz CT molecular complexity index is 886. The minimum Gasteiger partial charge on any atom is -0.495 e. The fraction of sp³-hybridized carbons (Fsp3) is 0.417. The number of rotatable bonds is 9. The topological polar surface area (TPSA) is 58.6 Å².